The fourth-order valence-electron chi connectivity index (χ4n) is 2.19. The minimum absolute atomic E-state index is 0.0699. The Bertz CT molecular complexity index is 664. The highest BCUT2D eigenvalue weighted by atomic mass is 32.2. The van der Waals surface area contributed by atoms with Crippen LogP contribution in [0.1, 0.15) is 22.6 Å². The number of urea groups is 1. The number of sulfone groups is 1. The Kier molecular flexibility index (Phi) is 4.21. The SMILES string of the molecule is Cc1cc(NC(=O)N2CCCS(=O)(=O)CC2)c(C(=O)O)[nH]1. The number of aromatic carboxylic acids is 1. The van der Waals surface area contributed by atoms with Crippen molar-refractivity contribution in [3.8, 4) is 0 Å². The number of amides is 2. The van der Waals surface area contributed by atoms with Crippen molar-refractivity contribution in [1.82, 2.24) is 9.88 Å². The third-order valence-electron chi connectivity index (χ3n) is 3.25. The molecular weight excluding hydrogens is 298 g/mol. The average molecular weight is 315 g/mol. The number of hydrogen-bond donors (Lipinski definition) is 3. The molecular formula is C12H17N3O5S. The molecule has 2 heterocycles. The predicted molar refractivity (Wildman–Crippen MR) is 76.4 cm³/mol. The van der Waals surface area contributed by atoms with Gasteiger partial charge >= 0.3 is 12.0 Å². The zero-order chi connectivity index (χ0) is 15.6. The van der Waals surface area contributed by atoms with Gasteiger partial charge in [0.1, 0.15) is 5.69 Å². The maximum atomic E-state index is 12.1. The van der Waals surface area contributed by atoms with Crippen molar-refractivity contribution in [2.24, 2.45) is 0 Å². The Morgan fingerprint density at radius 2 is 2.05 bits per heavy atom. The number of aryl methyl sites for hydroxylation is 1. The highest BCUT2D eigenvalue weighted by Crippen LogP contribution is 2.18. The lowest BCUT2D eigenvalue weighted by molar-refractivity contribution is 0.0692. The molecule has 0 unspecified atom stereocenters. The summed E-state index contributed by atoms with van der Waals surface area (Å²) in [5, 5.41) is 11.6. The number of carbonyl (C=O) groups is 2. The van der Waals surface area contributed by atoms with Crippen molar-refractivity contribution in [2.45, 2.75) is 13.3 Å². The number of rotatable bonds is 2. The Balaban J connectivity index is 2.09. The van der Waals surface area contributed by atoms with Crippen LogP contribution in [0.25, 0.3) is 0 Å². The van der Waals surface area contributed by atoms with Gasteiger partial charge in [0.05, 0.1) is 17.2 Å². The summed E-state index contributed by atoms with van der Waals surface area (Å²) >= 11 is 0. The van der Waals surface area contributed by atoms with Gasteiger partial charge in [-0.15, -0.1) is 0 Å². The number of carboxylic acid groups (broad SMARTS) is 1. The largest absolute Gasteiger partial charge is 0.477 e. The maximum absolute atomic E-state index is 12.1. The van der Waals surface area contributed by atoms with E-state index in [2.05, 4.69) is 10.3 Å². The van der Waals surface area contributed by atoms with Gasteiger partial charge in [0.25, 0.3) is 0 Å². The fraction of sp³-hybridized carbons (Fsp3) is 0.500. The maximum Gasteiger partial charge on any atom is 0.354 e. The topological polar surface area (TPSA) is 120 Å². The van der Waals surface area contributed by atoms with Crippen molar-refractivity contribution in [2.75, 3.05) is 29.9 Å². The molecule has 0 atom stereocenters. The van der Waals surface area contributed by atoms with E-state index >= 15 is 0 Å². The van der Waals surface area contributed by atoms with E-state index in [1.54, 1.807) is 6.92 Å². The number of carbonyl (C=O) groups excluding carboxylic acids is 1. The van der Waals surface area contributed by atoms with Gasteiger partial charge in [-0.25, -0.2) is 18.0 Å². The number of carboxylic acids is 1. The lowest BCUT2D eigenvalue weighted by atomic mass is 10.3. The monoisotopic (exact) mass is 315 g/mol. The van der Waals surface area contributed by atoms with Gasteiger partial charge in [0, 0.05) is 18.8 Å². The summed E-state index contributed by atoms with van der Waals surface area (Å²) in [6, 6.07) is 1.03. The van der Waals surface area contributed by atoms with Crippen molar-refractivity contribution in [3.63, 3.8) is 0 Å². The molecule has 1 saturated heterocycles. The molecule has 9 heteroatoms. The summed E-state index contributed by atoms with van der Waals surface area (Å²) in [5.74, 6) is -1.17. The van der Waals surface area contributed by atoms with Crippen LogP contribution in [0.2, 0.25) is 0 Å². The van der Waals surface area contributed by atoms with Crippen molar-refractivity contribution in [3.05, 3.63) is 17.5 Å². The molecule has 1 aliphatic heterocycles. The van der Waals surface area contributed by atoms with E-state index < -0.39 is 21.8 Å². The Morgan fingerprint density at radius 1 is 1.33 bits per heavy atom. The lowest BCUT2D eigenvalue weighted by Gasteiger charge is -2.20. The van der Waals surface area contributed by atoms with Gasteiger partial charge < -0.3 is 20.3 Å². The number of hydrogen-bond acceptors (Lipinski definition) is 4. The molecule has 0 aliphatic carbocycles. The molecule has 2 amide bonds. The van der Waals surface area contributed by atoms with Crippen LogP contribution in [0.4, 0.5) is 10.5 Å². The molecule has 0 bridgehead atoms. The van der Waals surface area contributed by atoms with Gasteiger partial charge in [-0.3, -0.25) is 0 Å². The first-order chi connectivity index (χ1) is 9.78. The van der Waals surface area contributed by atoms with E-state index in [1.807, 2.05) is 0 Å². The van der Waals surface area contributed by atoms with Crippen LogP contribution in [-0.4, -0.2) is 60.0 Å². The minimum Gasteiger partial charge on any atom is -0.477 e. The number of anilines is 1. The zero-order valence-corrected chi connectivity index (χ0v) is 12.4. The summed E-state index contributed by atoms with van der Waals surface area (Å²) in [7, 11) is -3.10. The van der Waals surface area contributed by atoms with Crippen LogP contribution in [0.3, 0.4) is 0 Å². The molecule has 2 rings (SSSR count). The van der Waals surface area contributed by atoms with E-state index in [9.17, 15) is 18.0 Å². The zero-order valence-electron chi connectivity index (χ0n) is 11.5. The van der Waals surface area contributed by atoms with Gasteiger partial charge in [0.15, 0.2) is 9.84 Å². The third kappa shape index (κ3) is 3.75. The van der Waals surface area contributed by atoms with Crippen LogP contribution in [-0.2, 0) is 9.84 Å². The second-order valence-electron chi connectivity index (χ2n) is 4.97. The third-order valence-corrected chi connectivity index (χ3v) is 4.97. The molecule has 0 aromatic carbocycles. The average Bonchev–Trinajstić information content (AvgIpc) is 2.63. The second-order valence-corrected chi connectivity index (χ2v) is 7.27. The normalized spacial score (nSPS) is 18.0. The van der Waals surface area contributed by atoms with E-state index in [0.717, 1.165) is 0 Å². The molecule has 3 N–H and O–H groups in total. The number of nitrogens with zero attached hydrogens (tertiary/aromatic N) is 1. The smallest absolute Gasteiger partial charge is 0.354 e. The highest BCUT2D eigenvalue weighted by molar-refractivity contribution is 7.91. The van der Waals surface area contributed by atoms with E-state index in [-0.39, 0.29) is 29.4 Å². The van der Waals surface area contributed by atoms with E-state index in [0.29, 0.717) is 18.7 Å². The van der Waals surface area contributed by atoms with Gasteiger partial charge in [-0.1, -0.05) is 0 Å². The second kappa shape index (κ2) is 5.76. The summed E-state index contributed by atoms with van der Waals surface area (Å²) < 4.78 is 23.0. The molecule has 1 aromatic rings. The molecule has 21 heavy (non-hydrogen) atoms. The first-order valence-electron chi connectivity index (χ1n) is 6.48. The molecule has 8 nitrogen and oxygen atoms in total. The number of aromatic nitrogens is 1. The highest BCUT2D eigenvalue weighted by Gasteiger charge is 2.24. The van der Waals surface area contributed by atoms with Crippen LogP contribution >= 0.6 is 0 Å². The van der Waals surface area contributed by atoms with Crippen LogP contribution in [0, 0.1) is 6.92 Å². The fourth-order valence-corrected chi connectivity index (χ4v) is 3.46. The van der Waals surface area contributed by atoms with Crippen molar-refractivity contribution in [1.29, 1.82) is 0 Å². The predicted octanol–water partition coefficient (Wildman–Crippen LogP) is 0.674. The standard InChI is InChI=1S/C12H17N3O5S/c1-8-7-9(10(13-8)11(16)17)14-12(18)15-3-2-5-21(19,20)6-4-15/h7,13H,2-6H2,1H3,(H,14,18)(H,16,17). The molecule has 1 fully saturated rings. The summed E-state index contributed by atoms with van der Waals surface area (Å²) in [6.07, 6.45) is 0.383. The van der Waals surface area contributed by atoms with E-state index in [4.69, 9.17) is 5.11 Å². The van der Waals surface area contributed by atoms with Gasteiger partial charge in [-0.2, -0.15) is 0 Å². The van der Waals surface area contributed by atoms with Crippen LogP contribution < -0.4 is 5.32 Å². The molecule has 1 aromatic heterocycles. The first-order valence-corrected chi connectivity index (χ1v) is 8.30. The van der Waals surface area contributed by atoms with Crippen molar-refractivity contribution >= 4 is 27.5 Å². The lowest BCUT2D eigenvalue weighted by Crippen LogP contribution is -2.37. The Morgan fingerprint density at radius 3 is 2.71 bits per heavy atom. The molecule has 0 saturated carbocycles. The minimum atomic E-state index is -3.10. The molecule has 0 spiro atoms. The Labute approximate surface area is 122 Å². The summed E-state index contributed by atoms with van der Waals surface area (Å²) in [4.78, 5) is 27.2. The number of H-pyrrole nitrogens is 1. The molecule has 0 radical (unpaired) electrons. The van der Waals surface area contributed by atoms with E-state index in [1.165, 1.54) is 11.0 Å². The number of aromatic amines is 1. The number of nitrogens with one attached hydrogen (secondary N) is 2. The van der Waals surface area contributed by atoms with Crippen LogP contribution in [0.5, 0.6) is 0 Å². The van der Waals surface area contributed by atoms with Gasteiger partial charge in [-0.05, 0) is 19.4 Å². The molecule has 1 aliphatic rings. The van der Waals surface area contributed by atoms with Crippen molar-refractivity contribution < 1.29 is 23.1 Å². The molecule has 116 valence electrons. The van der Waals surface area contributed by atoms with Crippen LogP contribution in [0.15, 0.2) is 6.07 Å². The summed E-state index contributed by atoms with van der Waals surface area (Å²) in [5.41, 5.74) is 0.696. The quantitative estimate of drug-likeness (QED) is 0.741. The summed E-state index contributed by atoms with van der Waals surface area (Å²) in [6.45, 7) is 2.12. The Hall–Kier alpha value is -2.03. The van der Waals surface area contributed by atoms with Gasteiger partial charge in [0.2, 0.25) is 0 Å². The first kappa shape index (κ1) is 15.4.